The molecular formula is C17H20N2O5S3. The van der Waals surface area contributed by atoms with Crippen LogP contribution in [0.1, 0.15) is 22.5 Å². The van der Waals surface area contributed by atoms with Crippen molar-refractivity contribution in [2.24, 2.45) is 0 Å². The molecule has 1 aromatic carbocycles. The smallest absolute Gasteiger partial charge is 0.261 e. The number of thiophene rings is 1. The van der Waals surface area contributed by atoms with Crippen molar-refractivity contribution in [1.82, 2.24) is 9.62 Å². The zero-order chi connectivity index (χ0) is 19.7. The lowest BCUT2D eigenvalue weighted by Gasteiger charge is -2.31. The topological polar surface area (TPSA) is 101 Å². The monoisotopic (exact) mass is 428 g/mol. The van der Waals surface area contributed by atoms with Crippen LogP contribution in [0, 0.1) is 0 Å². The highest BCUT2D eigenvalue weighted by atomic mass is 32.2. The lowest BCUT2D eigenvalue weighted by molar-refractivity contribution is 0.0928. The maximum absolute atomic E-state index is 12.9. The number of hydrogen-bond donors (Lipinski definition) is 1. The second-order valence-corrected chi connectivity index (χ2v) is 11.2. The van der Waals surface area contributed by atoms with Gasteiger partial charge in [0.1, 0.15) is 4.90 Å². The Morgan fingerprint density at radius 2 is 1.67 bits per heavy atom. The summed E-state index contributed by atoms with van der Waals surface area (Å²) in [5.74, 6) is -0.159. The Kier molecular flexibility index (Phi) is 5.71. The number of nitrogens with zero attached hydrogens (tertiary/aromatic N) is 1. The van der Waals surface area contributed by atoms with Gasteiger partial charge in [-0.25, -0.2) is 16.8 Å². The predicted octanol–water partition coefficient (Wildman–Crippen LogP) is 1.73. The number of piperidine rings is 1. The van der Waals surface area contributed by atoms with E-state index in [9.17, 15) is 21.6 Å². The van der Waals surface area contributed by atoms with E-state index in [1.165, 1.54) is 39.9 Å². The van der Waals surface area contributed by atoms with Gasteiger partial charge in [-0.2, -0.15) is 4.31 Å². The number of sulfone groups is 1. The largest absolute Gasteiger partial charge is 0.349 e. The summed E-state index contributed by atoms with van der Waals surface area (Å²) >= 11 is 1.35. The molecular weight excluding hydrogens is 408 g/mol. The number of benzene rings is 1. The molecule has 1 fully saturated rings. The molecule has 0 unspecified atom stereocenters. The Hall–Kier alpha value is -1.75. The Morgan fingerprint density at radius 3 is 2.22 bits per heavy atom. The molecule has 0 atom stereocenters. The first kappa shape index (κ1) is 20.0. The van der Waals surface area contributed by atoms with E-state index < -0.39 is 19.9 Å². The van der Waals surface area contributed by atoms with Crippen molar-refractivity contribution in [3.8, 4) is 0 Å². The van der Waals surface area contributed by atoms with Crippen molar-refractivity contribution in [2.75, 3.05) is 19.3 Å². The van der Waals surface area contributed by atoms with Crippen LogP contribution < -0.4 is 5.32 Å². The first-order valence-electron chi connectivity index (χ1n) is 8.33. The van der Waals surface area contributed by atoms with E-state index in [4.69, 9.17) is 0 Å². The van der Waals surface area contributed by atoms with Gasteiger partial charge in [0.25, 0.3) is 5.91 Å². The second-order valence-electron chi connectivity index (χ2n) is 6.35. The van der Waals surface area contributed by atoms with Crippen molar-refractivity contribution in [3.05, 3.63) is 46.7 Å². The van der Waals surface area contributed by atoms with Crippen LogP contribution in [0.3, 0.4) is 0 Å². The third kappa shape index (κ3) is 4.40. The molecule has 1 aliphatic rings. The van der Waals surface area contributed by atoms with E-state index in [1.807, 2.05) is 5.38 Å². The zero-order valence-corrected chi connectivity index (χ0v) is 17.1. The molecule has 7 nitrogen and oxygen atoms in total. The minimum Gasteiger partial charge on any atom is -0.349 e. The van der Waals surface area contributed by atoms with Crippen LogP contribution in [-0.4, -0.2) is 52.4 Å². The molecule has 0 radical (unpaired) electrons. The quantitative estimate of drug-likeness (QED) is 0.782. The Bertz CT molecular complexity index is 1020. The SMILES string of the molecule is CS(=O)(=O)c1ccccc1S(=O)(=O)N1CCC(NC(=O)c2cccs2)CC1. The number of carbonyl (C=O) groups is 1. The third-order valence-corrected chi connectivity index (χ3v) is 8.51. The molecule has 3 rings (SSSR count). The second kappa shape index (κ2) is 7.70. The van der Waals surface area contributed by atoms with Crippen LogP contribution >= 0.6 is 11.3 Å². The third-order valence-electron chi connectivity index (χ3n) is 4.40. The van der Waals surface area contributed by atoms with Gasteiger partial charge in [-0.05, 0) is 36.4 Å². The predicted molar refractivity (Wildman–Crippen MR) is 103 cm³/mol. The molecule has 146 valence electrons. The molecule has 1 N–H and O–H groups in total. The fourth-order valence-corrected chi connectivity index (χ4v) is 6.71. The Morgan fingerprint density at radius 1 is 1.04 bits per heavy atom. The van der Waals surface area contributed by atoms with Crippen LogP contribution in [0.15, 0.2) is 51.6 Å². The van der Waals surface area contributed by atoms with Gasteiger partial charge >= 0.3 is 0 Å². The number of rotatable bonds is 5. The van der Waals surface area contributed by atoms with E-state index in [-0.39, 0.29) is 34.8 Å². The van der Waals surface area contributed by atoms with E-state index >= 15 is 0 Å². The van der Waals surface area contributed by atoms with Gasteiger partial charge in [-0.3, -0.25) is 4.79 Å². The maximum atomic E-state index is 12.9. The molecule has 0 aliphatic carbocycles. The van der Waals surface area contributed by atoms with Crippen molar-refractivity contribution >= 4 is 37.1 Å². The normalized spacial score (nSPS) is 16.9. The van der Waals surface area contributed by atoms with Crippen molar-refractivity contribution in [1.29, 1.82) is 0 Å². The number of amides is 1. The number of nitrogens with one attached hydrogen (secondary N) is 1. The molecule has 1 aliphatic heterocycles. The standard InChI is InChI=1S/C17H20N2O5S3/c1-26(21,22)15-6-2-3-7-16(15)27(23,24)19-10-8-13(9-11-19)18-17(20)14-5-4-12-25-14/h2-7,12-13H,8-11H2,1H3,(H,18,20). The molecule has 0 bridgehead atoms. The van der Waals surface area contributed by atoms with Gasteiger partial charge < -0.3 is 5.32 Å². The highest BCUT2D eigenvalue weighted by Gasteiger charge is 2.33. The molecule has 2 aromatic rings. The highest BCUT2D eigenvalue weighted by Crippen LogP contribution is 2.26. The molecule has 0 saturated carbocycles. The van der Waals surface area contributed by atoms with Crippen LogP contribution in [0.5, 0.6) is 0 Å². The molecule has 1 aromatic heterocycles. The van der Waals surface area contributed by atoms with Crippen molar-refractivity contribution in [2.45, 2.75) is 28.7 Å². The average Bonchev–Trinajstić information content (AvgIpc) is 3.16. The van der Waals surface area contributed by atoms with Gasteiger partial charge in [0.05, 0.1) is 9.77 Å². The summed E-state index contributed by atoms with van der Waals surface area (Å²) in [5, 5.41) is 4.75. The molecule has 1 saturated heterocycles. The minimum atomic E-state index is -3.93. The Labute approximate surface area is 163 Å². The van der Waals surface area contributed by atoms with E-state index in [0.717, 1.165) is 6.26 Å². The molecule has 1 amide bonds. The fraction of sp³-hybridized carbons (Fsp3) is 0.353. The van der Waals surface area contributed by atoms with Crippen molar-refractivity contribution < 1.29 is 21.6 Å². The van der Waals surface area contributed by atoms with Crippen LogP contribution in [-0.2, 0) is 19.9 Å². The average molecular weight is 429 g/mol. The van der Waals surface area contributed by atoms with Crippen molar-refractivity contribution in [3.63, 3.8) is 0 Å². The van der Waals surface area contributed by atoms with Gasteiger partial charge in [0.2, 0.25) is 10.0 Å². The van der Waals surface area contributed by atoms with E-state index in [1.54, 1.807) is 12.1 Å². The Balaban J connectivity index is 1.72. The zero-order valence-electron chi connectivity index (χ0n) is 14.7. The summed E-state index contributed by atoms with van der Waals surface area (Å²) in [4.78, 5) is 12.4. The molecule has 10 heteroatoms. The summed E-state index contributed by atoms with van der Waals surface area (Å²) in [6.45, 7) is 0.436. The minimum absolute atomic E-state index is 0.115. The maximum Gasteiger partial charge on any atom is 0.261 e. The summed E-state index contributed by atoms with van der Waals surface area (Å²) in [6, 6.07) is 9.05. The fourth-order valence-electron chi connectivity index (χ4n) is 3.01. The van der Waals surface area contributed by atoms with E-state index in [2.05, 4.69) is 5.32 Å². The number of carbonyl (C=O) groups excluding carboxylic acids is 1. The first-order chi connectivity index (χ1) is 12.7. The van der Waals surface area contributed by atoms with Gasteiger partial charge in [-0.1, -0.05) is 18.2 Å². The first-order valence-corrected chi connectivity index (χ1v) is 12.5. The lowest BCUT2D eigenvalue weighted by atomic mass is 10.1. The van der Waals surface area contributed by atoms with E-state index in [0.29, 0.717) is 17.7 Å². The summed E-state index contributed by atoms with van der Waals surface area (Å²) in [7, 11) is -7.60. The van der Waals surface area contributed by atoms with Gasteiger partial charge in [0.15, 0.2) is 9.84 Å². The highest BCUT2D eigenvalue weighted by molar-refractivity contribution is 7.93. The number of sulfonamides is 1. The van der Waals surface area contributed by atoms with Gasteiger partial charge in [-0.15, -0.1) is 11.3 Å². The van der Waals surface area contributed by atoms with Crippen LogP contribution in [0.2, 0.25) is 0 Å². The lowest BCUT2D eigenvalue weighted by Crippen LogP contribution is -2.46. The molecule has 0 spiro atoms. The summed E-state index contributed by atoms with van der Waals surface area (Å²) < 4.78 is 51.1. The summed E-state index contributed by atoms with van der Waals surface area (Å²) in [5.41, 5.74) is 0. The van der Waals surface area contributed by atoms with Gasteiger partial charge in [0, 0.05) is 25.4 Å². The van der Waals surface area contributed by atoms with Crippen LogP contribution in [0.4, 0.5) is 0 Å². The van der Waals surface area contributed by atoms with Crippen LogP contribution in [0.25, 0.3) is 0 Å². The summed E-state index contributed by atoms with van der Waals surface area (Å²) in [6.07, 6.45) is 1.93. The molecule has 27 heavy (non-hydrogen) atoms. The molecule has 2 heterocycles. The number of hydrogen-bond acceptors (Lipinski definition) is 6.